The zero-order valence-electron chi connectivity index (χ0n) is 21.8. The molecule has 4 rings (SSSR count). The van der Waals surface area contributed by atoms with E-state index in [1.165, 1.54) is 21.3 Å². The van der Waals surface area contributed by atoms with Crippen molar-refractivity contribution >= 4 is 17.5 Å². The number of carbonyl (C=O) groups excluding carboxylic acids is 2. The van der Waals surface area contributed by atoms with Crippen LogP contribution in [-0.4, -0.2) is 62.7 Å². The lowest BCUT2D eigenvalue weighted by molar-refractivity contribution is -0.120. The van der Waals surface area contributed by atoms with Crippen molar-refractivity contribution in [3.63, 3.8) is 0 Å². The van der Waals surface area contributed by atoms with Crippen LogP contribution in [0.25, 0.3) is 0 Å². The van der Waals surface area contributed by atoms with Crippen molar-refractivity contribution in [3.8, 4) is 17.2 Å². The summed E-state index contributed by atoms with van der Waals surface area (Å²) in [7, 11) is 4.60. The highest BCUT2D eigenvalue weighted by atomic mass is 16.5. The number of hydrogen-bond acceptors (Lipinski definition) is 6. The summed E-state index contributed by atoms with van der Waals surface area (Å²) in [4.78, 5) is 28.4. The van der Waals surface area contributed by atoms with Crippen molar-refractivity contribution in [1.29, 1.82) is 0 Å². The van der Waals surface area contributed by atoms with Crippen LogP contribution >= 0.6 is 0 Å². The monoisotopic (exact) mass is 495 g/mol. The van der Waals surface area contributed by atoms with E-state index in [4.69, 9.17) is 14.2 Å². The van der Waals surface area contributed by atoms with Crippen molar-refractivity contribution in [1.82, 2.24) is 10.2 Å². The van der Waals surface area contributed by atoms with Crippen molar-refractivity contribution in [2.24, 2.45) is 0 Å². The lowest BCUT2D eigenvalue weighted by Gasteiger charge is -2.48. The first-order valence-corrected chi connectivity index (χ1v) is 12.6. The SMILES string of the molecule is COc1cc(C(=O)NC2C[C@H]3CCC[C@@H](C2)N3CC(=O)Nc2cc(C)ccc2C)cc(OC)c1OC. The molecule has 2 aliphatic rings. The van der Waals surface area contributed by atoms with Gasteiger partial charge in [0, 0.05) is 29.4 Å². The van der Waals surface area contributed by atoms with Gasteiger partial charge in [-0.3, -0.25) is 14.5 Å². The summed E-state index contributed by atoms with van der Waals surface area (Å²) in [5.41, 5.74) is 3.52. The zero-order valence-corrected chi connectivity index (χ0v) is 21.8. The number of fused-ring (bicyclic) bond motifs is 2. The topological polar surface area (TPSA) is 89.1 Å². The molecule has 0 saturated carbocycles. The van der Waals surface area contributed by atoms with Gasteiger partial charge in [-0.1, -0.05) is 18.6 Å². The van der Waals surface area contributed by atoms with Gasteiger partial charge in [-0.05, 0) is 68.9 Å². The summed E-state index contributed by atoms with van der Waals surface area (Å²) >= 11 is 0. The summed E-state index contributed by atoms with van der Waals surface area (Å²) in [6, 6.07) is 10.0. The maximum absolute atomic E-state index is 13.1. The lowest BCUT2D eigenvalue weighted by atomic mass is 9.81. The van der Waals surface area contributed by atoms with Gasteiger partial charge in [0.15, 0.2) is 11.5 Å². The molecule has 3 atom stereocenters. The average molecular weight is 496 g/mol. The number of nitrogens with one attached hydrogen (secondary N) is 2. The van der Waals surface area contributed by atoms with Crippen LogP contribution in [-0.2, 0) is 4.79 Å². The molecule has 2 bridgehead atoms. The quantitative estimate of drug-likeness (QED) is 0.574. The summed E-state index contributed by atoms with van der Waals surface area (Å²) < 4.78 is 16.2. The first-order valence-electron chi connectivity index (χ1n) is 12.6. The highest BCUT2D eigenvalue weighted by Gasteiger charge is 2.39. The number of aryl methyl sites for hydroxylation is 2. The van der Waals surface area contributed by atoms with Crippen LogP contribution in [0.3, 0.4) is 0 Å². The molecule has 2 aromatic carbocycles. The Morgan fingerprint density at radius 1 is 0.944 bits per heavy atom. The Kier molecular flexibility index (Phi) is 8.04. The Bertz CT molecular complexity index is 1080. The van der Waals surface area contributed by atoms with E-state index >= 15 is 0 Å². The molecule has 36 heavy (non-hydrogen) atoms. The second-order valence-corrected chi connectivity index (χ2v) is 9.83. The molecule has 2 aromatic rings. The highest BCUT2D eigenvalue weighted by molar-refractivity contribution is 5.96. The molecule has 0 aromatic heterocycles. The van der Waals surface area contributed by atoms with Gasteiger partial charge in [0.25, 0.3) is 5.91 Å². The normalized spacial score (nSPS) is 21.4. The molecule has 2 heterocycles. The first-order chi connectivity index (χ1) is 17.3. The summed E-state index contributed by atoms with van der Waals surface area (Å²) in [6.45, 7) is 4.40. The minimum Gasteiger partial charge on any atom is -0.493 e. The standard InChI is InChI=1S/C28H37N3O5/c1-17-9-10-18(2)23(11-17)30-26(32)16-31-21-7-6-8-22(31)15-20(14-21)29-28(33)19-12-24(34-3)27(36-5)25(13-19)35-4/h9-13,20-22H,6-8,14-16H2,1-5H3,(H,29,33)(H,30,32)/t20?,21-,22+. The van der Waals surface area contributed by atoms with E-state index in [0.29, 0.717) is 29.4 Å². The van der Waals surface area contributed by atoms with Crippen molar-refractivity contribution in [2.75, 3.05) is 33.2 Å². The Morgan fingerprint density at radius 2 is 1.58 bits per heavy atom. The van der Waals surface area contributed by atoms with E-state index in [9.17, 15) is 9.59 Å². The lowest BCUT2D eigenvalue weighted by Crippen LogP contribution is -2.58. The number of hydrogen-bond donors (Lipinski definition) is 2. The van der Waals surface area contributed by atoms with Gasteiger partial charge >= 0.3 is 0 Å². The number of methoxy groups -OCH3 is 3. The fourth-order valence-electron chi connectivity index (χ4n) is 5.56. The van der Waals surface area contributed by atoms with Crippen LogP contribution in [0.1, 0.15) is 53.6 Å². The Morgan fingerprint density at radius 3 is 2.17 bits per heavy atom. The third-order valence-electron chi connectivity index (χ3n) is 7.38. The van der Waals surface area contributed by atoms with Crippen molar-refractivity contribution < 1.29 is 23.8 Å². The van der Waals surface area contributed by atoms with Crippen LogP contribution in [0.2, 0.25) is 0 Å². The molecule has 1 unspecified atom stereocenters. The summed E-state index contributed by atoms with van der Waals surface area (Å²) in [5, 5.41) is 6.31. The number of amides is 2. The van der Waals surface area contributed by atoms with Crippen LogP contribution in [0, 0.1) is 13.8 Å². The van der Waals surface area contributed by atoms with Crippen LogP contribution in [0.4, 0.5) is 5.69 Å². The smallest absolute Gasteiger partial charge is 0.251 e. The molecule has 0 aliphatic carbocycles. The van der Waals surface area contributed by atoms with E-state index in [0.717, 1.165) is 48.9 Å². The number of piperidine rings is 2. The third-order valence-corrected chi connectivity index (χ3v) is 7.38. The summed E-state index contributed by atoms with van der Waals surface area (Å²) in [5.74, 6) is 1.20. The molecule has 2 fully saturated rings. The second-order valence-electron chi connectivity index (χ2n) is 9.83. The molecule has 2 amide bonds. The molecule has 2 N–H and O–H groups in total. The van der Waals surface area contributed by atoms with Gasteiger partial charge in [-0.15, -0.1) is 0 Å². The van der Waals surface area contributed by atoms with Gasteiger partial charge in [0.1, 0.15) is 0 Å². The number of nitrogens with zero attached hydrogens (tertiary/aromatic N) is 1. The molecule has 2 saturated heterocycles. The van der Waals surface area contributed by atoms with Gasteiger partial charge < -0.3 is 24.8 Å². The molecule has 8 nitrogen and oxygen atoms in total. The highest BCUT2D eigenvalue weighted by Crippen LogP contribution is 2.39. The molecule has 0 radical (unpaired) electrons. The summed E-state index contributed by atoms with van der Waals surface area (Å²) in [6.07, 6.45) is 4.86. The number of benzene rings is 2. The largest absolute Gasteiger partial charge is 0.493 e. The van der Waals surface area contributed by atoms with E-state index in [2.05, 4.69) is 15.5 Å². The minimum atomic E-state index is -0.168. The van der Waals surface area contributed by atoms with E-state index < -0.39 is 0 Å². The third kappa shape index (κ3) is 5.59. The molecule has 8 heteroatoms. The molecular weight excluding hydrogens is 458 g/mol. The number of carbonyl (C=O) groups is 2. The number of rotatable bonds is 8. The number of anilines is 1. The molecule has 194 valence electrons. The van der Waals surface area contributed by atoms with Crippen LogP contribution < -0.4 is 24.8 Å². The van der Waals surface area contributed by atoms with Gasteiger partial charge in [-0.25, -0.2) is 0 Å². The fraction of sp³-hybridized carbons (Fsp3) is 0.500. The predicted molar refractivity (Wildman–Crippen MR) is 139 cm³/mol. The second kappa shape index (κ2) is 11.2. The molecule has 2 aliphatic heterocycles. The maximum atomic E-state index is 13.1. The Hall–Kier alpha value is -3.26. The van der Waals surface area contributed by atoms with Gasteiger partial charge in [0.05, 0.1) is 27.9 Å². The fourth-order valence-corrected chi connectivity index (χ4v) is 5.56. The van der Waals surface area contributed by atoms with Crippen LogP contribution in [0.15, 0.2) is 30.3 Å². The number of ether oxygens (including phenoxy) is 3. The Labute approximate surface area is 213 Å². The van der Waals surface area contributed by atoms with Crippen molar-refractivity contribution in [2.45, 2.75) is 64.1 Å². The first kappa shape index (κ1) is 25.8. The maximum Gasteiger partial charge on any atom is 0.251 e. The van der Waals surface area contributed by atoms with Gasteiger partial charge in [-0.2, -0.15) is 0 Å². The molecule has 0 spiro atoms. The zero-order chi connectivity index (χ0) is 25.8. The van der Waals surface area contributed by atoms with E-state index in [-0.39, 0.29) is 29.9 Å². The van der Waals surface area contributed by atoms with Crippen molar-refractivity contribution in [3.05, 3.63) is 47.0 Å². The van der Waals surface area contributed by atoms with E-state index in [1.807, 2.05) is 32.0 Å². The van der Waals surface area contributed by atoms with Gasteiger partial charge in [0.2, 0.25) is 11.7 Å². The average Bonchev–Trinajstić information content (AvgIpc) is 2.85. The predicted octanol–water partition coefficient (Wildman–Crippen LogP) is 4.08. The Balaban J connectivity index is 1.41. The van der Waals surface area contributed by atoms with E-state index in [1.54, 1.807) is 12.1 Å². The molecular formula is C28H37N3O5. The van der Waals surface area contributed by atoms with Crippen LogP contribution in [0.5, 0.6) is 17.2 Å². The minimum absolute atomic E-state index is 0.0144.